The van der Waals surface area contributed by atoms with Gasteiger partial charge >= 0.3 is 5.97 Å². The van der Waals surface area contributed by atoms with E-state index in [9.17, 15) is 9.59 Å². The van der Waals surface area contributed by atoms with Crippen molar-refractivity contribution in [3.05, 3.63) is 29.3 Å². The third-order valence-corrected chi connectivity index (χ3v) is 3.82. The van der Waals surface area contributed by atoms with Crippen molar-refractivity contribution in [1.29, 1.82) is 0 Å². The molecule has 1 atom stereocenters. The molecule has 0 radical (unpaired) electrons. The largest absolute Gasteiger partial charge is 0.484 e. The van der Waals surface area contributed by atoms with Crippen molar-refractivity contribution in [3.63, 3.8) is 0 Å². The third kappa shape index (κ3) is 4.63. The van der Waals surface area contributed by atoms with E-state index in [2.05, 4.69) is 0 Å². The third-order valence-electron chi connectivity index (χ3n) is 3.57. The normalized spacial score (nSPS) is 17.9. The molecule has 5 nitrogen and oxygen atoms in total. The van der Waals surface area contributed by atoms with Crippen molar-refractivity contribution in [2.24, 2.45) is 5.92 Å². The van der Waals surface area contributed by atoms with Gasteiger partial charge in [0.15, 0.2) is 6.61 Å². The van der Waals surface area contributed by atoms with Crippen LogP contribution in [0.2, 0.25) is 5.02 Å². The lowest BCUT2D eigenvalue weighted by atomic mass is 9.98. The Labute approximate surface area is 135 Å². The van der Waals surface area contributed by atoms with E-state index >= 15 is 0 Å². The number of likely N-dealkylation sites (tertiary alicyclic amines) is 1. The van der Waals surface area contributed by atoms with Gasteiger partial charge in [-0.1, -0.05) is 11.6 Å². The average Bonchev–Trinajstić information content (AvgIpc) is 2.54. The zero-order chi connectivity index (χ0) is 15.9. The topological polar surface area (TPSA) is 55.8 Å². The number of benzene rings is 1. The Balaban J connectivity index is 1.83. The molecule has 1 saturated heterocycles. The van der Waals surface area contributed by atoms with Crippen molar-refractivity contribution in [2.75, 3.05) is 26.3 Å². The van der Waals surface area contributed by atoms with E-state index in [1.807, 2.05) is 0 Å². The minimum atomic E-state index is -0.229. The minimum Gasteiger partial charge on any atom is -0.484 e. The molecule has 1 unspecified atom stereocenters. The number of nitrogens with zero attached hydrogens (tertiary/aromatic N) is 1. The highest BCUT2D eigenvalue weighted by Gasteiger charge is 2.29. The van der Waals surface area contributed by atoms with E-state index in [0.29, 0.717) is 30.5 Å². The van der Waals surface area contributed by atoms with E-state index in [-0.39, 0.29) is 24.4 Å². The van der Waals surface area contributed by atoms with Crippen LogP contribution in [0.4, 0.5) is 0 Å². The van der Waals surface area contributed by atoms with Crippen LogP contribution >= 0.6 is 11.6 Å². The predicted molar refractivity (Wildman–Crippen MR) is 82.9 cm³/mol. The second-order valence-corrected chi connectivity index (χ2v) is 5.61. The average molecular weight is 326 g/mol. The second kappa shape index (κ2) is 8.03. The number of hydrogen-bond acceptors (Lipinski definition) is 4. The summed E-state index contributed by atoms with van der Waals surface area (Å²) in [4.78, 5) is 25.6. The smallest absolute Gasteiger partial charge is 0.310 e. The lowest BCUT2D eigenvalue weighted by Gasteiger charge is -2.31. The molecule has 0 spiro atoms. The molecular weight excluding hydrogens is 306 g/mol. The molecule has 1 heterocycles. The van der Waals surface area contributed by atoms with E-state index < -0.39 is 0 Å². The van der Waals surface area contributed by atoms with Crippen LogP contribution in [0.15, 0.2) is 24.3 Å². The summed E-state index contributed by atoms with van der Waals surface area (Å²) in [5, 5.41) is 0.618. The number of halogens is 1. The lowest BCUT2D eigenvalue weighted by molar-refractivity contribution is -0.151. The molecule has 22 heavy (non-hydrogen) atoms. The predicted octanol–water partition coefficient (Wildman–Crippen LogP) is 2.52. The van der Waals surface area contributed by atoms with Crippen molar-refractivity contribution < 1.29 is 19.1 Å². The zero-order valence-corrected chi connectivity index (χ0v) is 13.3. The summed E-state index contributed by atoms with van der Waals surface area (Å²) in [6.07, 6.45) is 1.57. The van der Waals surface area contributed by atoms with Gasteiger partial charge in [-0.25, -0.2) is 0 Å². The van der Waals surface area contributed by atoms with Gasteiger partial charge in [-0.3, -0.25) is 9.59 Å². The maximum atomic E-state index is 12.2. The highest BCUT2D eigenvalue weighted by atomic mass is 35.5. The highest BCUT2D eigenvalue weighted by molar-refractivity contribution is 6.30. The van der Waals surface area contributed by atoms with Crippen LogP contribution in [0.1, 0.15) is 19.8 Å². The fourth-order valence-corrected chi connectivity index (χ4v) is 2.55. The summed E-state index contributed by atoms with van der Waals surface area (Å²) < 4.78 is 10.5. The number of carbonyl (C=O) groups is 2. The fraction of sp³-hybridized carbons (Fsp3) is 0.500. The lowest BCUT2D eigenvalue weighted by Crippen LogP contribution is -2.44. The van der Waals surface area contributed by atoms with Crippen LogP contribution in [0.5, 0.6) is 5.75 Å². The molecule has 0 aromatic heterocycles. The Hall–Kier alpha value is -1.75. The minimum absolute atomic E-state index is 0.0445. The summed E-state index contributed by atoms with van der Waals surface area (Å²) in [5.74, 6) is 0.0208. The van der Waals surface area contributed by atoms with Gasteiger partial charge in [0.05, 0.1) is 12.5 Å². The summed E-state index contributed by atoms with van der Waals surface area (Å²) in [7, 11) is 0. The molecule has 1 aliphatic rings. The SMILES string of the molecule is CCOC(=O)C1CCCN(C(=O)COc2ccc(Cl)cc2)C1. The van der Waals surface area contributed by atoms with Gasteiger partial charge < -0.3 is 14.4 Å². The van der Waals surface area contributed by atoms with Gasteiger partial charge in [0.2, 0.25) is 0 Å². The van der Waals surface area contributed by atoms with E-state index in [1.54, 1.807) is 36.1 Å². The number of ether oxygens (including phenoxy) is 2. The fourth-order valence-electron chi connectivity index (χ4n) is 2.42. The summed E-state index contributed by atoms with van der Waals surface area (Å²) in [5.41, 5.74) is 0. The number of amides is 1. The number of esters is 1. The van der Waals surface area contributed by atoms with E-state index in [1.165, 1.54) is 0 Å². The van der Waals surface area contributed by atoms with Crippen molar-refractivity contribution >= 4 is 23.5 Å². The summed E-state index contributed by atoms with van der Waals surface area (Å²) in [6, 6.07) is 6.85. The Kier molecular flexibility index (Phi) is 6.07. The second-order valence-electron chi connectivity index (χ2n) is 5.17. The van der Waals surface area contributed by atoms with Gasteiger partial charge in [-0.2, -0.15) is 0 Å². The number of rotatable bonds is 5. The standard InChI is InChI=1S/C16H20ClNO4/c1-2-21-16(20)12-4-3-9-18(10-12)15(19)11-22-14-7-5-13(17)6-8-14/h5-8,12H,2-4,9-11H2,1H3. The first-order chi connectivity index (χ1) is 10.6. The molecule has 1 aliphatic heterocycles. The van der Waals surface area contributed by atoms with E-state index in [4.69, 9.17) is 21.1 Å². The molecular formula is C16H20ClNO4. The molecule has 1 amide bonds. The Bertz CT molecular complexity index is 517. The first-order valence-corrected chi connectivity index (χ1v) is 7.80. The molecule has 2 rings (SSSR count). The number of piperidine rings is 1. The number of carbonyl (C=O) groups excluding carboxylic acids is 2. The Morgan fingerprint density at radius 1 is 1.32 bits per heavy atom. The van der Waals surface area contributed by atoms with Crippen LogP contribution < -0.4 is 4.74 Å². The molecule has 0 saturated carbocycles. The van der Waals surface area contributed by atoms with Crippen LogP contribution in [-0.2, 0) is 14.3 Å². The zero-order valence-electron chi connectivity index (χ0n) is 12.6. The molecule has 0 N–H and O–H groups in total. The van der Waals surface area contributed by atoms with Gasteiger partial charge in [0.25, 0.3) is 5.91 Å². The molecule has 1 aromatic carbocycles. The van der Waals surface area contributed by atoms with Crippen molar-refractivity contribution in [2.45, 2.75) is 19.8 Å². The van der Waals surface area contributed by atoms with Crippen molar-refractivity contribution in [3.8, 4) is 5.75 Å². The van der Waals surface area contributed by atoms with Crippen LogP contribution in [0.3, 0.4) is 0 Å². The van der Waals surface area contributed by atoms with Crippen LogP contribution in [-0.4, -0.2) is 43.1 Å². The molecule has 1 aromatic rings. The Morgan fingerprint density at radius 3 is 2.73 bits per heavy atom. The summed E-state index contributed by atoms with van der Waals surface area (Å²) in [6.45, 7) is 3.16. The summed E-state index contributed by atoms with van der Waals surface area (Å²) >= 11 is 5.79. The number of hydrogen-bond donors (Lipinski definition) is 0. The van der Waals surface area contributed by atoms with Gasteiger partial charge in [-0.15, -0.1) is 0 Å². The van der Waals surface area contributed by atoms with Gasteiger partial charge in [-0.05, 0) is 44.0 Å². The molecule has 0 bridgehead atoms. The van der Waals surface area contributed by atoms with Crippen LogP contribution in [0, 0.1) is 5.92 Å². The molecule has 0 aliphatic carbocycles. The van der Waals surface area contributed by atoms with E-state index in [0.717, 1.165) is 12.8 Å². The van der Waals surface area contributed by atoms with Gasteiger partial charge in [0, 0.05) is 18.1 Å². The Morgan fingerprint density at radius 2 is 2.05 bits per heavy atom. The monoisotopic (exact) mass is 325 g/mol. The quantitative estimate of drug-likeness (QED) is 0.781. The first kappa shape index (κ1) is 16.6. The molecule has 6 heteroatoms. The first-order valence-electron chi connectivity index (χ1n) is 7.43. The highest BCUT2D eigenvalue weighted by Crippen LogP contribution is 2.19. The van der Waals surface area contributed by atoms with Gasteiger partial charge in [0.1, 0.15) is 5.75 Å². The molecule has 1 fully saturated rings. The molecule has 120 valence electrons. The van der Waals surface area contributed by atoms with Crippen LogP contribution in [0.25, 0.3) is 0 Å². The maximum Gasteiger partial charge on any atom is 0.310 e. The maximum absolute atomic E-state index is 12.2. The van der Waals surface area contributed by atoms with Crippen molar-refractivity contribution in [1.82, 2.24) is 4.90 Å².